The Morgan fingerprint density at radius 2 is 1.79 bits per heavy atom. The van der Waals surface area contributed by atoms with E-state index in [1.165, 1.54) is 0 Å². The maximum atomic E-state index is 13.1. The number of carbonyl (C=O) groups excluding carboxylic acids is 1. The number of carbonyl (C=O) groups is 1. The Bertz CT molecular complexity index is 895. The summed E-state index contributed by atoms with van der Waals surface area (Å²) >= 11 is 0. The van der Waals surface area contributed by atoms with Crippen molar-refractivity contribution in [1.82, 2.24) is 0 Å². The molecule has 2 N–H and O–H groups in total. The lowest BCUT2D eigenvalue weighted by atomic mass is 9.39. The maximum absolute atomic E-state index is 13.1. The quantitative estimate of drug-likeness (QED) is 0.449. The Balaban J connectivity index is 1.67. The number of aliphatic hydroxyl groups is 2. The minimum absolute atomic E-state index is 0.0284. The molecular weight excluding hydrogens is 492 g/mol. The Morgan fingerprint density at radius 3 is 2.47 bits per heavy atom. The molecule has 0 aromatic carbocycles. The van der Waals surface area contributed by atoms with Gasteiger partial charge in [0.2, 0.25) is 0 Å². The maximum Gasteiger partial charge on any atom is 0.163 e. The summed E-state index contributed by atoms with van der Waals surface area (Å²) in [6, 6.07) is 0. The molecule has 2 unspecified atom stereocenters. The smallest absolute Gasteiger partial charge is 0.163 e. The van der Waals surface area contributed by atoms with Gasteiger partial charge in [-0.25, -0.2) is 0 Å². The highest BCUT2D eigenvalue weighted by atomic mass is 16.7. The number of ether oxygens (including phenoxy) is 6. The number of fused-ring (bicyclic) bond motifs is 3. The van der Waals surface area contributed by atoms with Gasteiger partial charge in [-0.15, -0.1) is 0 Å². The van der Waals surface area contributed by atoms with Crippen molar-refractivity contribution in [3.63, 3.8) is 0 Å². The van der Waals surface area contributed by atoms with E-state index in [0.29, 0.717) is 44.6 Å². The molecule has 4 saturated carbocycles. The van der Waals surface area contributed by atoms with Crippen LogP contribution in [0.15, 0.2) is 0 Å². The predicted octanol–water partition coefficient (Wildman–Crippen LogP) is 3.04. The van der Waals surface area contributed by atoms with Gasteiger partial charge in [0.15, 0.2) is 11.6 Å². The third-order valence-electron chi connectivity index (χ3n) is 11.3. The molecule has 38 heavy (non-hydrogen) atoms. The van der Waals surface area contributed by atoms with Crippen molar-refractivity contribution in [1.29, 1.82) is 0 Å². The van der Waals surface area contributed by atoms with Crippen molar-refractivity contribution in [2.45, 2.75) is 102 Å². The number of hydrogen-bond donors (Lipinski definition) is 2. The molecule has 5 rings (SSSR count). The summed E-state index contributed by atoms with van der Waals surface area (Å²) in [5.41, 5.74) is -2.92. The highest BCUT2D eigenvalue weighted by Gasteiger charge is 2.77. The fourth-order valence-corrected chi connectivity index (χ4v) is 9.96. The van der Waals surface area contributed by atoms with E-state index in [1.807, 2.05) is 13.8 Å². The first-order valence-corrected chi connectivity index (χ1v) is 14.3. The first kappa shape index (κ1) is 28.9. The first-order valence-electron chi connectivity index (χ1n) is 14.3. The molecule has 4 aliphatic carbocycles. The number of methoxy groups -OCH3 is 2. The largest absolute Gasteiger partial charge is 0.389 e. The lowest BCUT2D eigenvalue weighted by Gasteiger charge is -2.71. The second-order valence-corrected chi connectivity index (χ2v) is 13.5. The van der Waals surface area contributed by atoms with Crippen LogP contribution in [-0.2, 0) is 33.2 Å². The van der Waals surface area contributed by atoms with Crippen LogP contribution in [0.4, 0.5) is 0 Å². The van der Waals surface area contributed by atoms with E-state index in [9.17, 15) is 15.0 Å². The molecule has 0 radical (unpaired) electrons. The van der Waals surface area contributed by atoms with Gasteiger partial charge in [0.1, 0.15) is 20.2 Å². The molecule has 1 saturated heterocycles. The van der Waals surface area contributed by atoms with Crippen LogP contribution in [0.5, 0.6) is 0 Å². The zero-order valence-corrected chi connectivity index (χ0v) is 24.0. The highest BCUT2D eigenvalue weighted by molar-refractivity contribution is 5.83. The summed E-state index contributed by atoms with van der Waals surface area (Å²) in [5.74, 6) is -1.11. The van der Waals surface area contributed by atoms with Crippen LogP contribution >= 0.6 is 0 Å². The van der Waals surface area contributed by atoms with Crippen LogP contribution in [0, 0.1) is 34.5 Å². The molecule has 1 heterocycles. The normalized spacial score (nSPS) is 49.5. The molecule has 5 aliphatic rings. The molecule has 9 heteroatoms. The first-order chi connectivity index (χ1) is 17.9. The van der Waals surface area contributed by atoms with E-state index in [1.54, 1.807) is 14.2 Å². The van der Waals surface area contributed by atoms with Gasteiger partial charge in [-0.05, 0) is 70.6 Å². The zero-order valence-electron chi connectivity index (χ0n) is 24.0. The second-order valence-electron chi connectivity index (χ2n) is 13.5. The molecule has 0 aromatic rings. The average molecular weight is 541 g/mol. The van der Waals surface area contributed by atoms with E-state index >= 15 is 0 Å². The molecule has 5 fully saturated rings. The third kappa shape index (κ3) is 3.98. The molecule has 10 atom stereocenters. The average Bonchev–Trinajstić information content (AvgIpc) is 3.16. The predicted molar refractivity (Wildman–Crippen MR) is 137 cm³/mol. The van der Waals surface area contributed by atoms with Crippen LogP contribution in [0.3, 0.4) is 0 Å². The molecular formula is C29H48O9. The standard InChI is InChI=1S/C29H48O9/c1-18-11-23-28(15-36-25(2,3)38-23)24-20(7-9-27(28,32)12-18)29(37-17-34-6)10-8-19(21(31)14-30)26(29,4)13-22(24)35-16-33-5/h18-20,22-24,30,32H,7-17H2,1-6H3/t18-,19+,20?,22+,23+,24?,26+,27-,28+,29-/m0/s1. The summed E-state index contributed by atoms with van der Waals surface area (Å²) in [7, 11) is 3.23. The van der Waals surface area contributed by atoms with Gasteiger partial charge in [0.05, 0.1) is 35.4 Å². The summed E-state index contributed by atoms with van der Waals surface area (Å²) in [6.45, 7) is 8.32. The highest BCUT2D eigenvalue weighted by Crippen LogP contribution is 2.72. The number of aliphatic hydroxyl groups excluding tert-OH is 1. The molecule has 1 aliphatic heterocycles. The number of hydrogen-bond acceptors (Lipinski definition) is 9. The zero-order chi connectivity index (χ0) is 27.6. The van der Waals surface area contributed by atoms with Crippen LogP contribution < -0.4 is 0 Å². The van der Waals surface area contributed by atoms with Crippen molar-refractivity contribution < 1.29 is 43.4 Å². The van der Waals surface area contributed by atoms with Gasteiger partial charge < -0.3 is 38.6 Å². The Hall–Kier alpha value is -0.650. The van der Waals surface area contributed by atoms with E-state index < -0.39 is 34.4 Å². The summed E-state index contributed by atoms with van der Waals surface area (Å²) in [4.78, 5) is 13.1. The van der Waals surface area contributed by atoms with Crippen molar-refractivity contribution in [3.05, 3.63) is 0 Å². The lowest BCUT2D eigenvalue weighted by Crippen LogP contribution is -2.78. The molecule has 0 bridgehead atoms. The van der Waals surface area contributed by atoms with E-state index in [4.69, 9.17) is 28.4 Å². The van der Waals surface area contributed by atoms with Crippen LogP contribution in [-0.4, -0.2) is 86.2 Å². The van der Waals surface area contributed by atoms with E-state index in [-0.39, 0.29) is 49.3 Å². The van der Waals surface area contributed by atoms with Gasteiger partial charge in [-0.3, -0.25) is 4.79 Å². The van der Waals surface area contributed by atoms with Crippen LogP contribution in [0.1, 0.15) is 72.6 Å². The van der Waals surface area contributed by atoms with Crippen molar-refractivity contribution in [2.75, 3.05) is 41.0 Å². The van der Waals surface area contributed by atoms with Crippen molar-refractivity contribution >= 4 is 5.78 Å². The van der Waals surface area contributed by atoms with Gasteiger partial charge in [0.25, 0.3) is 0 Å². The Morgan fingerprint density at radius 1 is 1.05 bits per heavy atom. The molecule has 218 valence electrons. The fraction of sp³-hybridized carbons (Fsp3) is 0.966. The number of ketones is 1. The summed E-state index contributed by atoms with van der Waals surface area (Å²) in [6.07, 6.45) is 4.21. The fourth-order valence-electron chi connectivity index (χ4n) is 9.96. The van der Waals surface area contributed by atoms with Crippen molar-refractivity contribution in [3.8, 4) is 0 Å². The molecule has 0 aromatic heterocycles. The second kappa shape index (κ2) is 10.0. The van der Waals surface area contributed by atoms with E-state index in [0.717, 1.165) is 12.8 Å². The summed E-state index contributed by atoms with van der Waals surface area (Å²) < 4.78 is 37.2. The third-order valence-corrected chi connectivity index (χ3v) is 11.3. The summed E-state index contributed by atoms with van der Waals surface area (Å²) in [5, 5.41) is 22.4. The van der Waals surface area contributed by atoms with Crippen molar-refractivity contribution in [2.24, 2.45) is 34.5 Å². The molecule has 0 amide bonds. The monoisotopic (exact) mass is 540 g/mol. The van der Waals surface area contributed by atoms with Crippen LogP contribution in [0.2, 0.25) is 0 Å². The van der Waals surface area contributed by atoms with Gasteiger partial charge in [-0.2, -0.15) is 0 Å². The number of rotatable bonds is 8. The van der Waals surface area contributed by atoms with Gasteiger partial charge in [0, 0.05) is 31.5 Å². The SMILES string of the molecule is COCO[C@@H]1C[C@]2(C)[C@@H](C(=O)CO)CC[C@]2(OCOC)C2CC[C@]3(O)C[C@@H](C)C[C@H]4OC(C)(C)OC[C@]43C21. The molecule has 1 spiro atoms. The number of Topliss-reactive ketones (excluding diaryl/α,β-unsaturated/α-hetero) is 1. The molecule has 9 nitrogen and oxygen atoms in total. The van der Waals surface area contributed by atoms with Gasteiger partial charge in [-0.1, -0.05) is 13.8 Å². The van der Waals surface area contributed by atoms with Gasteiger partial charge >= 0.3 is 0 Å². The minimum atomic E-state index is -0.975. The topological polar surface area (TPSA) is 113 Å². The van der Waals surface area contributed by atoms with E-state index in [2.05, 4.69) is 13.8 Å². The lowest BCUT2D eigenvalue weighted by molar-refractivity contribution is -0.405. The Labute approximate surface area is 226 Å². The minimum Gasteiger partial charge on any atom is -0.389 e. The Kier molecular flexibility index (Phi) is 7.61. The van der Waals surface area contributed by atoms with Crippen LogP contribution in [0.25, 0.3) is 0 Å².